The average Bonchev–Trinajstić information content (AvgIpc) is 3.43. The Labute approximate surface area is 186 Å². The molecule has 2 atom stereocenters. The highest BCUT2D eigenvalue weighted by atomic mass is 127. The summed E-state index contributed by atoms with van der Waals surface area (Å²) in [5, 5.41) is 7.06. The number of halogens is 3. The normalized spacial score (nSPS) is 18.1. The topological polar surface area (TPSA) is 54.9 Å². The summed E-state index contributed by atoms with van der Waals surface area (Å²) in [5.74, 6) is 1.82. The zero-order chi connectivity index (χ0) is 19.4. The molecule has 1 fully saturated rings. The van der Waals surface area contributed by atoms with Gasteiger partial charge in [-0.2, -0.15) is 0 Å². The molecule has 5 nitrogen and oxygen atoms in total. The third kappa shape index (κ3) is 5.20. The summed E-state index contributed by atoms with van der Waals surface area (Å²) in [6, 6.07) is 10.6. The Morgan fingerprint density at radius 2 is 1.96 bits per heavy atom. The van der Waals surface area contributed by atoms with E-state index in [1.54, 1.807) is 33.4 Å². The number of nitrogens with one attached hydrogen (secondary N) is 2. The molecule has 1 saturated carbocycles. The highest BCUT2D eigenvalue weighted by molar-refractivity contribution is 14.0. The van der Waals surface area contributed by atoms with Crippen LogP contribution in [-0.2, 0) is 6.54 Å². The Kier molecular flexibility index (Phi) is 8.18. The van der Waals surface area contributed by atoms with Gasteiger partial charge in [-0.25, -0.2) is 4.39 Å². The molecule has 0 amide bonds. The Morgan fingerprint density at radius 3 is 2.61 bits per heavy atom. The van der Waals surface area contributed by atoms with Crippen LogP contribution in [0.4, 0.5) is 4.39 Å². The van der Waals surface area contributed by atoms with E-state index in [1.165, 1.54) is 6.07 Å². The first kappa shape index (κ1) is 22.5. The molecule has 0 heterocycles. The van der Waals surface area contributed by atoms with Crippen molar-refractivity contribution in [2.24, 2.45) is 4.99 Å². The Hall–Kier alpha value is -1.74. The fourth-order valence-corrected chi connectivity index (χ4v) is 3.39. The quantitative estimate of drug-likeness (QED) is 0.339. The molecule has 8 heteroatoms. The number of nitrogens with zero attached hydrogens (tertiary/aromatic N) is 1. The minimum atomic E-state index is -0.259. The van der Waals surface area contributed by atoms with Crippen molar-refractivity contribution < 1.29 is 13.9 Å². The Balaban J connectivity index is 0.00000280. The maximum Gasteiger partial charge on any atom is 0.191 e. The van der Waals surface area contributed by atoms with Gasteiger partial charge in [0.1, 0.15) is 5.82 Å². The van der Waals surface area contributed by atoms with E-state index in [4.69, 9.17) is 21.1 Å². The smallest absolute Gasteiger partial charge is 0.191 e. The maximum atomic E-state index is 14.1. The zero-order valence-corrected chi connectivity index (χ0v) is 19.0. The van der Waals surface area contributed by atoms with Crippen molar-refractivity contribution in [3.63, 3.8) is 0 Å². The zero-order valence-electron chi connectivity index (χ0n) is 16.0. The summed E-state index contributed by atoms with van der Waals surface area (Å²) in [6.07, 6.45) is 0.817. The van der Waals surface area contributed by atoms with E-state index in [0.717, 1.165) is 12.0 Å². The third-order valence-electron chi connectivity index (χ3n) is 4.61. The van der Waals surface area contributed by atoms with Gasteiger partial charge in [0.05, 0.1) is 14.2 Å². The molecule has 0 bridgehead atoms. The molecule has 1 aliphatic carbocycles. The van der Waals surface area contributed by atoms with Crippen molar-refractivity contribution in [1.82, 2.24) is 10.6 Å². The fourth-order valence-electron chi connectivity index (χ4n) is 3.09. The highest BCUT2D eigenvalue weighted by Gasteiger charge is 2.41. The van der Waals surface area contributed by atoms with Gasteiger partial charge in [0.15, 0.2) is 17.5 Å². The van der Waals surface area contributed by atoms with Crippen LogP contribution in [0.2, 0.25) is 5.02 Å². The van der Waals surface area contributed by atoms with E-state index in [2.05, 4.69) is 15.6 Å². The first-order valence-electron chi connectivity index (χ1n) is 8.69. The van der Waals surface area contributed by atoms with Crippen LogP contribution in [-0.4, -0.2) is 33.3 Å². The second-order valence-electron chi connectivity index (χ2n) is 6.34. The van der Waals surface area contributed by atoms with Gasteiger partial charge in [-0.3, -0.25) is 4.99 Å². The van der Waals surface area contributed by atoms with Crippen molar-refractivity contribution in [3.8, 4) is 11.5 Å². The predicted octanol–water partition coefficient (Wildman–Crippen LogP) is 4.34. The lowest BCUT2D eigenvalue weighted by atomic mass is 10.1. The van der Waals surface area contributed by atoms with Crippen molar-refractivity contribution in [3.05, 3.63) is 58.4 Å². The van der Waals surface area contributed by atoms with Crippen molar-refractivity contribution in [1.29, 1.82) is 0 Å². The van der Waals surface area contributed by atoms with E-state index in [1.807, 2.05) is 18.2 Å². The first-order chi connectivity index (χ1) is 13.1. The standard InChI is InChI=1S/C20H23ClFN3O2.HI/c1-23-20(24-11-12-7-8-17(26-2)18(9-12)27-3)25-16-10-13(16)19-14(21)5-4-6-15(19)22;/h4-9,13,16H,10-11H2,1-3H3,(H2,23,24,25);1H. The molecule has 152 valence electrons. The Morgan fingerprint density at radius 1 is 1.21 bits per heavy atom. The largest absolute Gasteiger partial charge is 0.493 e. The van der Waals surface area contributed by atoms with E-state index >= 15 is 0 Å². The molecule has 28 heavy (non-hydrogen) atoms. The number of hydrogen-bond acceptors (Lipinski definition) is 3. The van der Waals surface area contributed by atoms with Crippen LogP contribution in [0.25, 0.3) is 0 Å². The molecule has 1 aliphatic rings. The van der Waals surface area contributed by atoms with E-state index in [-0.39, 0.29) is 41.8 Å². The molecule has 2 N–H and O–H groups in total. The molecule has 0 spiro atoms. The number of ether oxygens (including phenoxy) is 2. The van der Waals surface area contributed by atoms with Gasteiger partial charge in [0, 0.05) is 36.1 Å². The van der Waals surface area contributed by atoms with Crippen LogP contribution < -0.4 is 20.1 Å². The SMILES string of the molecule is CN=C(NCc1ccc(OC)c(OC)c1)NC1CC1c1c(F)cccc1Cl.I. The lowest BCUT2D eigenvalue weighted by Crippen LogP contribution is -2.38. The molecule has 2 aromatic carbocycles. The van der Waals surface area contributed by atoms with Crippen LogP contribution in [0, 0.1) is 5.82 Å². The number of hydrogen-bond donors (Lipinski definition) is 2. The predicted molar refractivity (Wildman–Crippen MR) is 121 cm³/mol. The highest BCUT2D eigenvalue weighted by Crippen LogP contribution is 2.44. The van der Waals surface area contributed by atoms with Crippen LogP contribution >= 0.6 is 35.6 Å². The Bertz CT molecular complexity index is 830. The molecule has 3 rings (SSSR count). The van der Waals surface area contributed by atoms with Crippen molar-refractivity contribution in [2.45, 2.75) is 24.9 Å². The maximum absolute atomic E-state index is 14.1. The van der Waals surface area contributed by atoms with Crippen LogP contribution in [0.15, 0.2) is 41.4 Å². The second kappa shape index (κ2) is 10.2. The monoisotopic (exact) mass is 519 g/mol. The van der Waals surface area contributed by atoms with Gasteiger partial charge in [-0.15, -0.1) is 24.0 Å². The van der Waals surface area contributed by atoms with Gasteiger partial charge >= 0.3 is 0 Å². The number of benzene rings is 2. The molecular weight excluding hydrogens is 496 g/mol. The van der Waals surface area contributed by atoms with Crippen molar-refractivity contribution in [2.75, 3.05) is 21.3 Å². The van der Waals surface area contributed by atoms with Gasteiger partial charge in [0.25, 0.3) is 0 Å². The molecule has 2 aromatic rings. The molecular formula is C20H24ClFIN3O2. The summed E-state index contributed by atoms with van der Waals surface area (Å²) >= 11 is 6.16. The van der Waals surface area contributed by atoms with Crippen LogP contribution in [0.5, 0.6) is 11.5 Å². The summed E-state index contributed by atoms with van der Waals surface area (Å²) < 4.78 is 24.6. The first-order valence-corrected chi connectivity index (χ1v) is 9.07. The molecule has 0 aliphatic heterocycles. The average molecular weight is 520 g/mol. The molecule has 0 saturated heterocycles. The number of methoxy groups -OCH3 is 2. The summed E-state index contributed by atoms with van der Waals surface area (Å²) in [7, 11) is 4.92. The molecule has 0 radical (unpaired) electrons. The van der Waals surface area contributed by atoms with Crippen LogP contribution in [0.3, 0.4) is 0 Å². The van der Waals surface area contributed by atoms with E-state index < -0.39 is 0 Å². The van der Waals surface area contributed by atoms with Crippen LogP contribution in [0.1, 0.15) is 23.5 Å². The number of guanidine groups is 1. The minimum Gasteiger partial charge on any atom is -0.493 e. The summed E-state index contributed by atoms with van der Waals surface area (Å²) in [6.45, 7) is 0.567. The van der Waals surface area contributed by atoms with E-state index in [9.17, 15) is 4.39 Å². The molecule has 2 unspecified atom stereocenters. The van der Waals surface area contributed by atoms with Gasteiger partial charge in [0.2, 0.25) is 0 Å². The van der Waals surface area contributed by atoms with Gasteiger partial charge in [-0.1, -0.05) is 23.7 Å². The van der Waals surface area contributed by atoms with E-state index in [0.29, 0.717) is 34.6 Å². The fraction of sp³-hybridized carbons (Fsp3) is 0.350. The third-order valence-corrected chi connectivity index (χ3v) is 4.94. The minimum absolute atomic E-state index is 0. The summed E-state index contributed by atoms with van der Waals surface area (Å²) in [5.41, 5.74) is 1.60. The number of rotatable bonds is 6. The summed E-state index contributed by atoms with van der Waals surface area (Å²) in [4.78, 5) is 4.24. The van der Waals surface area contributed by atoms with Crippen molar-refractivity contribution >= 4 is 41.5 Å². The van der Waals surface area contributed by atoms with Gasteiger partial charge in [-0.05, 0) is 36.2 Å². The number of aliphatic imine (C=N–C) groups is 1. The molecule has 0 aromatic heterocycles. The second-order valence-corrected chi connectivity index (χ2v) is 6.75. The van der Waals surface area contributed by atoms with Gasteiger partial charge < -0.3 is 20.1 Å². The lowest BCUT2D eigenvalue weighted by molar-refractivity contribution is 0.354. The lowest BCUT2D eigenvalue weighted by Gasteiger charge is -2.14.